The summed E-state index contributed by atoms with van der Waals surface area (Å²) in [6, 6.07) is 2.09. The molecular formula is C15H23N3O. The monoisotopic (exact) mass is 261 g/mol. The second-order valence-corrected chi connectivity index (χ2v) is 5.07. The van der Waals surface area contributed by atoms with E-state index in [1.54, 1.807) is 0 Å². The molecule has 0 saturated heterocycles. The molecule has 0 bridgehead atoms. The molecule has 0 amide bonds. The Kier molecular flexibility index (Phi) is 4.53. The number of hydrogen-bond donors (Lipinski definition) is 1. The average Bonchev–Trinajstić information content (AvgIpc) is 2.75. The first-order valence-electron chi connectivity index (χ1n) is 7.14. The van der Waals surface area contributed by atoms with Gasteiger partial charge in [-0.2, -0.15) is 0 Å². The van der Waals surface area contributed by atoms with E-state index in [9.17, 15) is 0 Å². The standard InChI is InChI=1S/C15H23N3O/c1-4-12(5-2)14-17-13-9-11(3)10-16-15(13)18(14)7-6-8-19/h9-10,12,19H,4-8H2,1-3H3. The summed E-state index contributed by atoms with van der Waals surface area (Å²) in [5.41, 5.74) is 3.05. The fraction of sp³-hybridized carbons (Fsp3) is 0.600. The molecule has 0 aliphatic heterocycles. The number of aromatic nitrogens is 3. The molecule has 0 fully saturated rings. The molecule has 1 N–H and O–H groups in total. The Balaban J connectivity index is 2.53. The van der Waals surface area contributed by atoms with E-state index in [2.05, 4.69) is 29.5 Å². The quantitative estimate of drug-likeness (QED) is 0.869. The summed E-state index contributed by atoms with van der Waals surface area (Å²) in [5, 5.41) is 9.07. The SMILES string of the molecule is CCC(CC)c1nc2cc(C)cnc2n1CCCO. The average molecular weight is 261 g/mol. The first kappa shape index (κ1) is 14.0. The number of aryl methyl sites for hydroxylation is 2. The van der Waals surface area contributed by atoms with Crippen molar-refractivity contribution in [1.29, 1.82) is 0 Å². The lowest BCUT2D eigenvalue weighted by atomic mass is 10.0. The van der Waals surface area contributed by atoms with E-state index in [1.165, 1.54) is 0 Å². The maximum absolute atomic E-state index is 9.07. The molecule has 0 spiro atoms. The maximum Gasteiger partial charge on any atom is 0.160 e. The van der Waals surface area contributed by atoms with E-state index >= 15 is 0 Å². The van der Waals surface area contributed by atoms with Gasteiger partial charge in [0.05, 0.1) is 0 Å². The minimum absolute atomic E-state index is 0.202. The van der Waals surface area contributed by atoms with E-state index in [0.29, 0.717) is 5.92 Å². The fourth-order valence-electron chi connectivity index (χ4n) is 2.54. The lowest BCUT2D eigenvalue weighted by Crippen LogP contribution is -2.10. The molecule has 0 radical (unpaired) electrons. The summed E-state index contributed by atoms with van der Waals surface area (Å²) >= 11 is 0. The molecule has 104 valence electrons. The number of aliphatic hydroxyl groups is 1. The molecule has 2 aromatic heterocycles. The van der Waals surface area contributed by atoms with E-state index < -0.39 is 0 Å². The van der Waals surface area contributed by atoms with E-state index in [0.717, 1.165) is 48.4 Å². The maximum atomic E-state index is 9.07. The summed E-state index contributed by atoms with van der Waals surface area (Å²) in [6.07, 6.45) is 4.79. The highest BCUT2D eigenvalue weighted by Crippen LogP contribution is 2.26. The van der Waals surface area contributed by atoms with Crippen molar-refractivity contribution < 1.29 is 5.11 Å². The zero-order valence-electron chi connectivity index (χ0n) is 12.1. The molecule has 0 saturated carbocycles. The largest absolute Gasteiger partial charge is 0.396 e. The highest BCUT2D eigenvalue weighted by molar-refractivity contribution is 5.72. The molecule has 2 heterocycles. The Morgan fingerprint density at radius 1 is 1.32 bits per heavy atom. The third kappa shape index (κ3) is 2.78. The van der Waals surface area contributed by atoms with Gasteiger partial charge in [-0.15, -0.1) is 0 Å². The highest BCUT2D eigenvalue weighted by Gasteiger charge is 2.18. The molecule has 0 aliphatic rings. The summed E-state index contributed by atoms with van der Waals surface area (Å²) < 4.78 is 2.18. The van der Waals surface area contributed by atoms with Gasteiger partial charge in [0.25, 0.3) is 0 Å². The first-order chi connectivity index (χ1) is 9.21. The number of hydrogen-bond acceptors (Lipinski definition) is 3. The summed E-state index contributed by atoms with van der Waals surface area (Å²) in [6.45, 7) is 7.42. The topological polar surface area (TPSA) is 50.9 Å². The third-order valence-electron chi connectivity index (χ3n) is 3.64. The molecule has 4 heteroatoms. The van der Waals surface area contributed by atoms with Crippen LogP contribution in [0.25, 0.3) is 11.2 Å². The molecule has 0 aromatic carbocycles. The number of imidazole rings is 1. The van der Waals surface area contributed by atoms with Gasteiger partial charge in [-0.25, -0.2) is 9.97 Å². The predicted octanol–water partition coefficient (Wildman–Crippen LogP) is 3.03. The van der Waals surface area contributed by atoms with Crippen LogP contribution in [0.2, 0.25) is 0 Å². The second-order valence-electron chi connectivity index (χ2n) is 5.07. The zero-order valence-corrected chi connectivity index (χ0v) is 12.1. The van der Waals surface area contributed by atoms with Crippen molar-refractivity contribution in [3.63, 3.8) is 0 Å². The Morgan fingerprint density at radius 2 is 2.05 bits per heavy atom. The van der Waals surface area contributed by atoms with E-state index in [4.69, 9.17) is 10.1 Å². The fourth-order valence-corrected chi connectivity index (χ4v) is 2.54. The van der Waals surface area contributed by atoms with Crippen LogP contribution in [0.15, 0.2) is 12.3 Å². The molecular weight excluding hydrogens is 238 g/mol. The number of nitrogens with zero attached hydrogens (tertiary/aromatic N) is 3. The van der Waals surface area contributed by atoms with Crippen LogP contribution in [-0.2, 0) is 6.54 Å². The second kappa shape index (κ2) is 6.15. The molecule has 0 aliphatic carbocycles. The Labute approximate surface area is 114 Å². The first-order valence-corrected chi connectivity index (χ1v) is 7.14. The van der Waals surface area contributed by atoms with Crippen LogP contribution < -0.4 is 0 Å². The zero-order chi connectivity index (χ0) is 13.8. The number of pyridine rings is 1. The van der Waals surface area contributed by atoms with Gasteiger partial charge < -0.3 is 9.67 Å². The number of rotatable bonds is 6. The van der Waals surface area contributed by atoms with Gasteiger partial charge in [0.2, 0.25) is 0 Å². The molecule has 2 rings (SSSR count). The number of fused-ring (bicyclic) bond motifs is 1. The smallest absolute Gasteiger partial charge is 0.160 e. The third-order valence-corrected chi connectivity index (χ3v) is 3.64. The van der Waals surface area contributed by atoms with Gasteiger partial charge in [0.15, 0.2) is 5.65 Å². The van der Waals surface area contributed by atoms with Crippen LogP contribution in [0.1, 0.15) is 50.4 Å². The molecule has 0 unspecified atom stereocenters. The van der Waals surface area contributed by atoms with Crippen LogP contribution in [0.4, 0.5) is 0 Å². The molecule has 0 atom stereocenters. The van der Waals surface area contributed by atoms with E-state index in [1.807, 2.05) is 13.1 Å². The lowest BCUT2D eigenvalue weighted by Gasteiger charge is -2.14. The van der Waals surface area contributed by atoms with Crippen LogP contribution in [-0.4, -0.2) is 26.2 Å². The van der Waals surface area contributed by atoms with Crippen molar-refractivity contribution in [2.24, 2.45) is 0 Å². The van der Waals surface area contributed by atoms with Crippen molar-refractivity contribution in [2.45, 2.75) is 52.5 Å². The van der Waals surface area contributed by atoms with Gasteiger partial charge in [-0.1, -0.05) is 13.8 Å². The van der Waals surface area contributed by atoms with Gasteiger partial charge in [-0.3, -0.25) is 0 Å². The van der Waals surface area contributed by atoms with Crippen molar-refractivity contribution in [3.8, 4) is 0 Å². The van der Waals surface area contributed by atoms with Crippen molar-refractivity contribution >= 4 is 11.2 Å². The van der Waals surface area contributed by atoms with Crippen LogP contribution >= 0.6 is 0 Å². The Bertz CT molecular complexity index is 544. The summed E-state index contributed by atoms with van der Waals surface area (Å²) in [4.78, 5) is 9.31. The molecule has 4 nitrogen and oxygen atoms in total. The number of aliphatic hydroxyl groups excluding tert-OH is 1. The van der Waals surface area contributed by atoms with Gasteiger partial charge in [0, 0.05) is 25.3 Å². The van der Waals surface area contributed by atoms with Gasteiger partial charge in [-0.05, 0) is 37.8 Å². The van der Waals surface area contributed by atoms with Crippen LogP contribution in [0.5, 0.6) is 0 Å². The minimum Gasteiger partial charge on any atom is -0.396 e. The van der Waals surface area contributed by atoms with Crippen LogP contribution in [0, 0.1) is 6.92 Å². The highest BCUT2D eigenvalue weighted by atomic mass is 16.3. The Morgan fingerprint density at radius 3 is 2.68 bits per heavy atom. The van der Waals surface area contributed by atoms with Crippen LogP contribution in [0.3, 0.4) is 0 Å². The Hall–Kier alpha value is -1.42. The van der Waals surface area contributed by atoms with Crippen molar-refractivity contribution in [3.05, 3.63) is 23.7 Å². The predicted molar refractivity (Wildman–Crippen MR) is 77.3 cm³/mol. The van der Waals surface area contributed by atoms with Crippen molar-refractivity contribution in [2.75, 3.05) is 6.61 Å². The summed E-state index contributed by atoms with van der Waals surface area (Å²) in [7, 11) is 0. The van der Waals surface area contributed by atoms with Gasteiger partial charge >= 0.3 is 0 Å². The summed E-state index contributed by atoms with van der Waals surface area (Å²) in [5.74, 6) is 1.58. The molecule has 19 heavy (non-hydrogen) atoms. The lowest BCUT2D eigenvalue weighted by molar-refractivity contribution is 0.279. The normalized spacial score (nSPS) is 11.6. The minimum atomic E-state index is 0.202. The van der Waals surface area contributed by atoms with E-state index in [-0.39, 0.29) is 6.61 Å². The van der Waals surface area contributed by atoms with Gasteiger partial charge in [0.1, 0.15) is 11.3 Å². The van der Waals surface area contributed by atoms with Crippen molar-refractivity contribution in [1.82, 2.24) is 14.5 Å². The molecule has 2 aromatic rings.